The normalized spacial score (nSPS) is 15.0. The molecule has 0 atom stereocenters. The van der Waals surface area contributed by atoms with E-state index < -0.39 is 0 Å². The van der Waals surface area contributed by atoms with E-state index in [2.05, 4.69) is 61.5 Å². The van der Waals surface area contributed by atoms with Crippen molar-refractivity contribution in [2.45, 2.75) is 17.1 Å². The van der Waals surface area contributed by atoms with E-state index in [9.17, 15) is 5.26 Å². The lowest BCUT2D eigenvalue weighted by Gasteiger charge is -2.13. The van der Waals surface area contributed by atoms with Gasteiger partial charge >= 0.3 is 0 Å². The van der Waals surface area contributed by atoms with Gasteiger partial charge in [0.25, 0.3) is 0 Å². The molecule has 2 aromatic carbocycles. The minimum Gasteiger partial charge on any atom is -0.309 e. The maximum absolute atomic E-state index is 9.26. The molecule has 0 aromatic heterocycles. The van der Waals surface area contributed by atoms with E-state index >= 15 is 0 Å². The molecule has 1 heterocycles. The zero-order chi connectivity index (χ0) is 16.2. The molecule has 0 N–H and O–H groups in total. The van der Waals surface area contributed by atoms with Gasteiger partial charge in [-0.05, 0) is 61.0 Å². The van der Waals surface area contributed by atoms with Crippen LogP contribution < -0.4 is 0 Å². The van der Waals surface area contributed by atoms with Crippen molar-refractivity contribution in [3.63, 3.8) is 0 Å². The third-order valence-corrected chi connectivity index (χ3v) is 5.14. The largest absolute Gasteiger partial charge is 0.309 e. The van der Waals surface area contributed by atoms with Gasteiger partial charge in [0.05, 0.1) is 11.6 Å². The highest BCUT2D eigenvalue weighted by Gasteiger charge is 2.18. The number of hydrogen-bond acceptors (Lipinski definition) is 3. The Hall–Kier alpha value is -2.02. The summed E-state index contributed by atoms with van der Waals surface area (Å²) < 4.78 is 0. The Kier molecular flexibility index (Phi) is 4.85. The molecule has 0 unspecified atom stereocenters. The number of hydrogen-bond donors (Lipinski definition) is 0. The summed E-state index contributed by atoms with van der Waals surface area (Å²) in [6.45, 7) is 1.02. The maximum atomic E-state index is 9.26. The van der Waals surface area contributed by atoms with Crippen molar-refractivity contribution < 1.29 is 0 Å². The van der Waals surface area contributed by atoms with Crippen molar-refractivity contribution in [1.82, 2.24) is 4.90 Å². The molecular weight excluding hydrogens is 300 g/mol. The van der Waals surface area contributed by atoms with Crippen LogP contribution in [0.2, 0.25) is 0 Å². The molecule has 23 heavy (non-hydrogen) atoms. The van der Waals surface area contributed by atoms with Crippen LogP contribution in [0.5, 0.6) is 0 Å². The quantitative estimate of drug-likeness (QED) is 0.830. The van der Waals surface area contributed by atoms with E-state index in [0.29, 0.717) is 0 Å². The summed E-state index contributed by atoms with van der Waals surface area (Å²) in [7, 11) is 4.19. The van der Waals surface area contributed by atoms with Crippen LogP contribution in [-0.4, -0.2) is 25.5 Å². The molecule has 1 aliphatic heterocycles. The van der Waals surface area contributed by atoms with Crippen LogP contribution in [0.4, 0.5) is 0 Å². The van der Waals surface area contributed by atoms with Gasteiger partial charge in [0.1, 0.15) is 0 Å². The van der Waals surface area contributed by atoms with E-state index in [4.69, 9.17) is 0 Å². The van der Waals surface area contributed by atoms with Crippen LogP contribution in [0.15, 0.2) is 53.4 Å². The van der Waals surface area contributed by atoms with Crippen LogP contribution in [-0.2, 0) is 5.75 Å². The summed E-state index contributed by atoms with van der Waals surface area (Å²) in [6.07, 6.45) is 3.32. The summed E-state index contributed by atoms with van der Waals surface area (Å²) in [5, 5.41) is 9.26. The minimum absolute atomic E-state index is 0.724. The fourth-order valence-corrected chi connectivity index (χ4v) is 3.88. The van der Waals surface area contributed by atoms with Crippen molar-refractivity contribution in [3.05, 3.63) is 70.8 Å². The number of rotatable bonds is 3. The zero-order valence-electron chi connectivity index (χ0n) is 13.5. The molecule has 0 radical (unpaired) electrons. The van der Waals surface area contributed by atoms with Gasteiger partial charge in [-0.2, -0.15) is 5.26 Å². The molecule has 3 rings (SSSR count). The van der Waals surface area contributed by atoms with Gasteiger partial charge in [-0.3, -0.25) is 0 Å². The number of benzene rings is 2. The Morgan fingerprint density at radius 1 is 1.17 bits per heavy atom. The second-order valence-electron chi connectivity index (χ2n) is 5.98. The van der Waals surface area contributed by atoms with Crippen molar-refractivity contribution in [2.75, 3.05) is 20.6 Å². The monoisotopic (exact) mass is 320 g/mol. The molecule has 0 bridgehead atoms. The van der Waals surface area contributed by atoms with E-state index in [1.807, 2.05) is 23.9 Å². The Morgan fingerprint density at radius 2 is 2.00 bits per heavy atom. The zero-order valence-corrected chi connectivity index (χ0v) is 14.4. The van der Waals surface area contributed by atoms with Crippen LogP contribution >= 0.6 is 11.8 Å². The molecule has 1 aliphatic rings. The lowest BCUT2D eigenvalue weighted by molar-refractivity contribution is 0.417. The second kappa shape index (κ2) is 7.04. The van der Waals surface area contributed by atoms with Crippen LogP contribution in [0.3, 0.4) is 0 Å². The van der Waals surface area contributed by atoms with E-state index in [0.717, 1.165) is 24.3 Å². The van der Waals surface area contributed by atoms with Gasteiger partial charge < -0.3 is 4.90 Å². The molecule has 0 aliphatic carbocycles. The third-order valence-electron chi connectivity index (χ3n) is 4.01. The predicted molar refractivity (Wildman–Crippen MR) is 97.4 cm³/mol. The molecule has 2 nitrogen and oxygen atoms in total. The van der Waals surface area contributed by atoms with Gasteiger partial charge in [-0.25, -0.2) is 0 Å². The first kappa shape index (κ1) is 15.9. The average molecular weight is 320 g/mol. The van der Waals surface area contributed by atoms with Gasteiger partial charge in [0.2, 0.25) is 0 Å². The number of fused-ring (bicyclic) bond motifs is 2. The molecule has 2 aromatic rings. The van der Waals surface area contributed by atoms with E-state index in [-0.39, 0.29) is 0 Å². The first-order chi connectivity index (χ1) is 11.2. The fourth-order valence-electron chi connectivity index (χ4n) is 2.83. The fraction of sp³-hybridized carbons (Fsp3) is 0.250. The van der Waals surface area contributed by atoms with Gasteiger partial charge in [-0.1, -0.05) is 30.3 Å². The van der Waals surface area contributed by atoms with Crippen LogP contribution in [0.25, 0.3) is 5.57 Å². The Balaban J connectivity index is 2.12. The molecule has 0 saturated carbocycles. The number of nitriles is 1. The van der Waals surface area contributed by atoms with Gasteiger partial charge in [0.15, 0.2) is 0 Å². The lowest BCUT2D eigenvalue weighted by Crippen LogP contribution is -2.12. The standard InChI is InChI=1S/C20H20N2S/c1-22(2)11-5-8-18-17-7-4-3-6-16(17)14-23-20-10-9-15(13-21)12-19(18)20/h3-4,6-10,12H,5,11,14H2,1-2H3/b18-8-. The second-order valence-corrected chi connectivity index (χ2v) is 7.00. The van der Waals surface area contributed by atoms with Crippen LogP contribution in [0.1, 0.15) is 28.7 Å². The molecule has 0 fully saturated rings. The van der Waals surface area contributed by atoms with E-state index in [1.54, 1.807) is 0 Å². The van der Waals surface area contributed by atoms with Gasteiger partial charge in [0, 0.05) is 17.2 Å². The Morgan fingerprint density at radius 3 is 2.78 bits per heavy atom. The minimum atomic E-state index is 0.724. The maximum Gasteiger partial charge on any atom is 0.0991 e. The predicted octanol–water partition coefficient (Wildman–Crippen LogP) is 4.55. The topological polar surface area (TPSA) is 27.0 Å². The molecular formula is C20H20N2S. The van der Waals surface area contributed by atoms with E-state index in [1.165, 1.54) is 27.2 Å². The highest BCUT2D eigenvalue weighted by atomic mass is 32.2. The lowest BCUT2D eigenvalue weighted by atomic mass is 9.92. The summed E-state index contributed by atoms with van der Waals surface area (Å²) in [5.41, 5.74) is 5.84. The first-order valence-electron chi connectivity index (χ1n) is 7.79. The highest BCUT2D eigenvalue weighted by molar-refractivity contribution is 7.98. The van der Waals surface area contributed by atoms with Gasteiger partial charge in [-0.15, -0.1) is 11.8 Å². The summed E-state index contributed by atoms with van der Waals surface area (Å²) in [4.78, 5) is 3.46. The summed E-state index contributed by atoms with van der Waals surface area (Å²) in [6, 6.07) is 16.9. The Labute approximate surface area is 142 Å². The summed E-state index contributed by atoms with van der Waals surface area (Å²) >= 11 is 1.85. The molecule has 0 amide bonds. The van der Waals surface area contributed by atoms with Crippen molar-refractivity contribution in [2.24, 2.45) is 0 Å². The first-order valence-corrected chi connectivity index (χ1v) is 8.78. The molecule has 116 valence electrons. The molecule has 3 heteroatoms. The summed E-state index contributed by atoms with van der Waals surface area (Å²) in [5.74, 6) is 0.972. The third kappa shape index (κ3) is 3.50. The van der Waals surface area contributed by atoms with Crippen molar-refractivity contribution >= 4 is 17.3 Å². The number of thioether (sulfide) groups is 1. The number of nitrogens with zero attached hydrogens (tertiary/aromatic N) is 2. The SMILES string of the molecule is CN(C)CC/C=C1/c2ccccc2CSc2ccc(C#N)cc21. The average Bonchev–Trinajstić information content (AvgIpc) is 2.71. The highest BCUT2D eigenvalue weighted by Crippen LogP contribution is 2.40. The Bertz CT molecular complexity index is 784. The van der Waals surface area contributed by atoms with Crippen molar-refractivity contribution in [1.29, 1.82) is 5.26 Å². The van der Waals surface area contributed by atoms with Crippen LogP contribution in [0, 0.1) is 11.3 Å². The van der Waals surface area contributed by atoms with Crippen molar-refractivity contribution in [3.8, 4) is 6.07 Å². The smallest absolute Gasteiger partial charge is 0.0991 e. The molecule has 0 spiro atoms. The molecule has 0 saturated heterocycles.